The summed E-state index contributed by atoms with van der Waals surface area (Å²) in [7, 11) is -2.77. The minimum absolute atomic E-state index is 0.0672. The number of sulfonamides is 1. The number of carbonyl (C=O) groups excluding carboxylic acids is 4. The van der Waals surface area contributed by atoms with Gasteiger partial charge in [-0.2, -0.15) is 4.31 Å². The van der Waals surface area contributed by atoms with Gasteiger partial charge in [-0.1, -0.05) is 0 Å². The fraction of sp³-hybridized carbons (Fsp3) is 0.500. The third-order valence-electron chi connectivity index (χ3n) is 4.75. The molecule has 0 aromatic heterocycles. The first-order chi connectivity index (χ1) is 15.5. The van der Waals surface area contributed by atoms with Crippen LogP contribution in [0.3, 0.4) is 0 Å². The first-order valence-electron chi connectivity index (χ1n) is 10.2. The number of nitrogens with zero attached hydrogens (tertiary/aromatic N) is 3. The van der Waals surface area contributed by atoms with Crippen LogP contribution in [0.1, 0.15) is 13.8 Å². The first-order valence-corrected chi connectivity index (χ1v) is 11.7. The molecule has 1 aromatic rings. The molecule has 182 valence electrons. The molecule has 0 radical (unpaired) electrons. The van der Waals surface area contributed by atoms with E-state index in [1.165, 1.54) is 48.0 Å². The molecule has 0 bridgehead atoms. The van der Waals surface area contributed by atoms with Crippen LogP contribution in [0.25, 0.3) is 0 Å². The lowest BCUT2D eigenvalue weighted by Gasteiger charge is -2.33. The number of benzene rings is 1. The Balaban J connectivity index is 1.82. The zero-order chi connectivity index (χ0) is 24.6. The van der Waals surface area contributed by atoms with E-state index in [0.717, 1.165) is 4.31 Å². The zero-order valence-electron chi connectivity index (χ0n) is 18.8. The Labute approximate surface area is 192 Å². The van der Waals surface area contributed by atoms with Crippen molar-refractivity contribution in [3.8, 4) is 0 Å². The predicted molar refractivity (Wildman–Crippen MR) is 117 cm³/mol. The number of anilines is 1. The van der Waals surface area contributed by atoms with Crippen LogP contribution in [0.15, 0.2) is 29.2 Å². The average Bonchev–Trinajstić information content (AvgIpc) is 2.77. The summed E-state index contributed by atoms with van der Waals surface area (Å²) < 4.78 is 35.9. The number of piperazine rings is 1. The van der Waals surface area contributed by atoms with Gasteiger partial charge in [-0.25, -0.2) is 13.2 Å². The van der Waals surface area contributed by atoms with Gasteiger partial charge in [0.25, 0.3) is 5.91 Å². The fourth-order valence-corrected chi connectivity index (χ4v) is 4.11. The van der Waals surface area contributed by atoms with Gasteiger partial charge in [0.2, 0.25) is 15.9 Å². The van der Waals surface area contributed by atoms with Crippen molar-refractivity contribution in [2.45, 2.75) is 18.7 Å². The maximum Gasteiger partial charge on any atom is 0.409 e. The summed E-state index contributed by atoms with van der Waals surface area (Å²) >= 11 is 0. The molecule has 12 nitrogen and oxygen atoms in total. The van der Waals surface area contributed by atoms with Crippen LogP contribution in [0, 0.1) is 0 Å². The first kappa shape index (κ1) is 26.1. The third kappa shape index (κ3) is 7.43. The molecule has 0 spiro atoms. The highest BCUT2D eigenvalue weighted by atomic mass is 32.2. The number of esters is 1. The second-order valence-corrected chi connectivity index (χ2v) is 9.24. The molecule has 33 heavy (non-hydrogen) atoms. The Morgan fingerprint density at radius 1 is 1.00 bits per heavy atom. The summed E-state index contributed by atoms with van der Waals surface area (Å²) in [5.74, 6) is -1.61. The number of hydrogen-bond acceptors (Lipinski definition) is 8. The van der Waals surface area contributed by atoms with Gasteiger partial charge in [-0.05, 0) is 31.2 Å². The standard InChI is InChI=1S/C20H28N4O8S/c1-4-31-20(28)24-11-9-23(10-12-24)18(26)14-32-19(27)13-22(3)33(29,30)17-7-5-16(6-8-17)21-15(2)25/h5-8H,4,9-14H2,1-3H3,(H,21,25). The van der Waals surface area contributed by atoms with E-state index in [4.69, 9.17) is 9.47 Å². The number of amides is 3. The van der Waals surface area contributed by atoms with E-state index in [1.807, 2.05) is 0 Å². The zero-order valence-corrected chi connectivity index (χ0v) is 19.6. The Morgan fingerprint density at radius 3 is 2.12 bits per heavy atom. The Kier molecular flexibility index (Phi) is 9.17. The number of carbonyl (C=O) groups is 4. The normalized spacial score (nSPS) is 14.1. The minimum Gasteiger partial charge on any atom is -0.455 e. The number of ether oxygens (including phenoxy) is 2. The maximum absolute atomic E-state index is 12.6. The van der Waals surface area contributed by atoms with Crippen LogP contribution < -0.4 is 5.32 Å². The second-order valence-electron chi connectivity index (χ2n) is 7.19. The highest BCUT2D eigenvalue weighted by Gasteiger charge is 2.27. The van der Waals surface area contributed by atoms with Gasteiger partial charge in [0.15, 0.2) is 6.61 Å². The molecule has 3 amide bonds. The van der Waals surface area contributed by atoms with E-state index >= 15 is 0 Å². The molecule has 13 heteroatoms. The summed E-state index contributed by atoms with van der Waals surface area (Å²) in [6.07, 6.45) is -0.440. The topological polar surface area (TPSA) is 143 Å². The van der Waals surface area contributed by atoms with E-state index in [0.29, 0.717) is 18.8 Å². The number of hydrogen-bond donors (Lipinski definition) is 1. The van der Waals surface area contributed by atoms with Crippen LogP contribution in [0.5, 0.6) is 0 Å². The lowest BCUT2D eigenvalue weighted by atomic mass is 10.3. The molecule has 2 rings (SSSR count). The minimum atomic E-state index is -3.98. The SMILES string of the molecule is CCOC(=O)N1CCN(C(=O)COC(=O)CN(C)S(=O)(=O)c2ccc(NC(C)=O)cc2)CC1. The molecule has 1 N–H and O–H groups in total. The number of rotatable bonds is 8. The van der Waals surface area contributed by atoms with Crippen molar-refractivity contribution >= 4 is 39.6 Å². The molecule has 1 aliphatic heterocycles. The molecule has 0 unspecified atom stereocenters. The molecule has 0 aliphatic carbocycles. The summed E-state index contributed by atoms with van der Waals surface area (Å²) in [5.41, 5.74) is 0.435. The molecule has 1 aliphatic rings. The molecule has 1 heterocycles. The monoisotopic (exact) mass is 484 g/mol. The van der Waals surface area contributed by atoms with E-state index in [1.54, 1.807) is 6.92 Å². The highest BCUT2D eigenvalue weighted by molar-refractivity contribution is 7.89. The van der Waals surface area contributed by atoms with Gasteiger partial charge in [-0.3, -0.25) is 14.4 Å². The van der Waals surface area contributed by atoms with Gasteiger partial charge in [-0.15, -0.1) is 0 Å². The fourth-order valence-electron chi connectivity index (χ4n) is 2.99. The van der Waals surface area contributed by atoms with E-state index in [9.17, 15) is 27.6 Å². The summed E-state index contributed by atoms with van der Waals surface area (Å²) in [6.45, 7) is 3.35. The van der Waals surface area contributed by atoms with Crippen LogP contribution in [0.2, 0.25) is 0 Å². The Hall–Kier alpha value is -3.19. The summed E-state index contributed by atoms with van der Waals surface area (Å²) in [6, 6.07) is 5.48. The van der Waals surface area contributed by atoms with Crippen molar-refractivity contribution in [2.75, 3.05) is 58.3 Å². The summed E-state index contributed by atoms with van der Waals surface area (Å²) in [5, 5.41) is 2.53. The Morgan fingerprint density at radius 2 is 1.58 bits per heavy atom. The van der Waals surface area contributed by atoms with Crippen LogP contribution in [0.4, 0.5) is 10.5 Å². The van der Waals surface area contributed by atoms with Crippen LogP contribution in [-0.4, -0.2) is 99.4 Å². The van der Waals surface area contributed by atoms with Crippen molar-refractivity contribution in [2.24, 2.45) is 0 Å². The van der Waals surface area contributed by atoms with Crippen molar-refractivity contribution < 1.29 is 37.1 Å². The van der Waals surface area contributed by atoms with Crippen molar-refractivity contribution in [3.63, 3.8) is 0 Å². The molecular weight excluding hydrogens is 456 g/mol. The third-order valence-corrected chi connectivity index (χ3v) is 6.57. The van der Waals surface area contributed by atoms with Crippen molar-refractivity contribution in [3.05, 3.63) is 24.3 Å². The lowest BCUT2D eigenvalue weighted by Crippen LogP contribution is -2.51. The van der Waals surface area contributed by atoms with Gasteiger partial charge >= 0.3 is 12.1 Å². The second kappa shape index (κ2) is 11.6. The highest BCUT2D eigenvalue weighted by Crippen LogP contribution is 2.17. The van der Waals surface area contributed by atoms with Crippen LogP contribution in [-0.2, 0) is 33.9 Å². The van der Waals surface area contributed by atoms with E-state index in [-0.39, 0.29) is 30.5 Å². The molecular formula is C20H28N4O8S. The van der Waals surface area contributed by atoms with Crippen molar-refractivity contribution in [1.82, 2.24) is 14.1 Å². The molecule has 0 saturated carbocycles. The number of nitrogens with one attached hydrogen (secondary N) is 1. The van der Waals surface area contributed by atoms with E-state index in [2.05, 4.69) is 5.32 Å². The average molecular weight is 485 g/mol. The number of likely N-dealkylation sites (N-methyl/N-ethyl adjacent to an activating group) is 1. The lowest BCUT2D eigenvalue weighted by molar-refractivity contribution is -0.152. The Bertz CT molecular complexity index is 972. The predicted octanol–water partition coefficient (Wildman–Crippen LogP) is 0.109. The quantitative estimate of drug-likeness (QED) is 0.512. The van der Waals surface area contributed by atoms with Crippen LogP contribution >= 0.6 is 0 Å². The molecule has 1 aromatic carbocycles. The van der Waals surface area contributed by atoms with Gasteiger partial charge in [0.1, 0.15) is 6.54 Å². The van der Waals surface area contributed by atoms with Crippen molar-refractivity contribution in [1.29, 1.82) is 0 Å². The molecule has 1 fully saturated rings. The molecule has 1 saturated heterocycles. The van der Waals surface area contributed by atoms with Gasteiger partial charge in [0.05, 0.1) is 11.5 Å². The largest absolute Gasteiger partial charge is 0.455 e. The van der Waals surface area contributed by atoms with Gasteiger partial charge in [0, 0.05) is 45.8 Å². The summed E-state index contributed by atoms with van der Waals surface area (Å²) in [4.78, 5) is 50.0. The van der Waals surface area contributed by atoms with Gasteiger partial charge < -0.3 is 24.6 Å². The smallest absolute Gasteiger partial charge is 0.409 e. The van der Waals surface area contributed by atoms with E-state index < -0.39 is 41.1 Å². The molecule has 0 atom stereocenters. The maximum atomic E-state index is 12.6.